The van der Waals surface area contributed by atoms with Crippen LogP contribution in [0, 0.1) is 0 Å². The Bertz CT molecular complexity index is 1100. The van der Waals surface area contributed by atoms with Gasteiger partial charge < -0.3 is 10.1 Å². The summed E-state index contributed by atoms with van der Waals surface area (Å²) in [5, 5.41) is 5.99. The monoisotopic (exact) mass is 395 g/mol. The van der Waals surface area contributed by atoms with Crippen molar-refractivity contribution < 1.29 is 14.5 Å². The molecule has 0 aliphatic rings. The second kappa shape index (κ2) is 7.93. The van der Waals surface area contributed by atoms with Gasteiger partial charge in [-0.15, -0.1) is 0 Å². The van der Waals surface area contributed by atoms with Crippen LogP contribution in [0.3, 0.4) is 0 Å². The molecular formula is C19H16ClN6O2+. The Morgan fingerprint density at radius 3 is 2.61 bits per heavy atom. The Hall–Kier alpha value is -3.65. The number of nitrogens with zero attached hydrogens (tertiary/aromatic N) is 2. The van der Waals surface area contributed by atoms with Crippen LogP contribution in [0.4, 0.5) is 22.0 Å². The first-order valence-corrected chi connectivity index (χ1v) is 8.82. The van der Waals surface area contributed by atoms with Gasteiger partial charge in [0.25, 0.3) is 0 Å². The Kier molecular flexibility index (Phi) is 5.03. The minimum atomic E-state index is -0.518. The van der Waals surface area contributed by atoms with Gasteiger partial charge in [0, 0.05) is 11.4 Å². The number of fused-ring (bicyclic) bond motifs is 1. The summed E-state index contributed by atoms with van der Waals surface area (Å²) < 4.78 is 5.21. The quantitative estimate of drug-likeness (QED) is 0.444. The Morgan fingerprint density at radius 1 is 1.07 bits per heavy atom. The van der Waals surface area contributed by atoms with Crippen LogP contribution in [-0.2, 0) is 11.3 Å². The molecule has 0 atom stereocenters. The van der Waals surface area contributed by atoms with Crippen LogP contribution >= 0.6 is 11.6 Å². The van der Waals surface area contributed by atoms with Gasteiger partial charge in [0.15, 0.2) is 12.1 Å². The van der Waals surface area contributed by atoms with Gasteiger partial charge in [0.1, 0.15) is 6.61 Å². The highest BCUT2D eigenvalue weighted by atomic mass is 35.5. The highest BCUT2D eigenvalue weighted by molar-refractivity contribution is 6.28. The number of aromatic amines is 2. The molecule has 140 valence electrons. The van der Waals surface area contributed by atoms with E-state index in [0.29, 0.717) is 22.7 Å². The van der Waals surface area contributed by atoms with Gasteiger partial charge in [-0.3, -0.25) is 10.3 Å². The average Bonchev–Trinajstić information content (AvgIpc) is 3.17. The molecular weight excluding hydrogens is 380 g/mol. The normalized spacial score (nSPS) is 10.6. The third-order valence-corrected chi connectivity index (χ3v) is 4.08. The standard InChI is InChI=1S/C19H15ClN6O2/c20-18-25-16-15(21-11-22-16)17(26-18)23-13-6-8-14(9-7-13)24-19(27)28-10-12-4-2-1-3-5-12/h1-9,11H,10H2,(H,24,27)(H2,21,22,23,25,26)/p+1. The molecule has 4 N–H and O–H groups in total. The number of imidazole rings is 1. The van der Waals surface area contributed by atoms with E-state index in [0.717, 1.165) is 11.3 Å². The minimum absolute atomic E-state index is 0.130. The molecule has 2 aromatic carbocycles. The number of carbonyl (C=O) groups is 1. The first-order valence-electron chi connectivity index (χ1n) is 8.44. The highest BCUT2D eigenvalue weighted by Gasteiger charge is 2.14. The van der Waals surface area contributed by atoms with Crippen molar-refractivity contribution in [2.24, 2.45) is 0 Å². The van der Waals surface area contributed by atoms with E-state index in [4.69, 9.17) is 16.3 Å². The Balaban J connectivity index is 1.38. The van der Waals surface area contributed by atoms with Gasteiger partial charge in [-0.05, 0) is 41.4 Å². The summed E-state index contributed by atoms with van der Waals surface area (Å²) in [6.45, 7) is 0.212. The number of hydrogen-bond acceptors (Lipinski definition) is 5. The number of aromatic nitrogens is 4. The summed E-state index contributed by atoms with van der Waals surface area (Å²) in [5.74, 6) is 0.541. The van der Waals surface area contributed by atoms with Gasteiger partial charge in [0.2, 0.25) is 5.52 Å². The van der Waals surface area contributed by atoms with Crippen molar-refractivity contribution in [3.05, 3.63) is 71.8 Å². The lowest BCUT2D eigenvalue weighted by atomic mass is 10.2. The van der Waals surface area contributed by atoms with Crippen LogP contribution in [0.2, 0.25) is 5.28 Å². The van der Waals surface area contributed by atoms with E-state index in [1.54, 1.807) is 30.6 Å². The van der Waals surface area contributed by atoms with E-state index >= 15 is 0 Å². The predicted molar refractivity (Wildman–Crippen MR) is 105 cm³/mol. The van der Waals surface area contributed by atoms with E-state index in [-0.39, 0.29) is 11.9 Å². The molecule has 0 fully saturated rings. The lowest BCUT2D eigenvalue weighted by Gasteiger charge is -2.09. The highest BCUT2D eigenvalue weighted by Crippen LogP contribution is 2.23. The van der Waals surface area contributed by atoms with E-state index in [1.165, 1.54) is 0 Å². The van der Waals surface area contributed by atoms with Gasteiger partial charge in [0.05, 0.1) is 0 Å². The van der Waals surface area contributed by atoms with Crippen LogP contribution in [0.5, 0.6) is 0 Å². The second-order valence-corrected chi connectivity index (χ2v) is 6.23. The van der Waals surface area contributed by atoms with Crippen LogP contribution < -0.4 is 15.6 Å². The largest absolute Gasteiger partial charge is 0.444 e. The van der Waals surface area contributed by atoms with Crippen LogP contribution in [0.25, 0.3) is 11.2 Å². The van der Waals surface area contributed by atoms with Crippen molar-refractivity contribution in [1.29, 1.82) is 0 Å². The molecule has 0 aliphatic heterocycles. The number of anilines is 3. The molecule has 0 saturated heterocycles. The Morgan fingerprint density at radius 2 is 1.82 bits per heavy atom. The first-order chi connectivity index (χ1) is 13.7. The molecule has 1 amide bonds. The SMILES string of the molecule is O=C(Nc1ccc(Nc2nc(Cl)nc3[nH+]c[nH]c23)cc1)OCc1ccccc1. The number of rotatable bonds is 5. The number of benzene rings is 2. The number of halogens is 1. The molecule has 2 aromatic heterocycles. The molecule has 28 heavy (non-hydrogen) atoms. The summed E-state index contributed by atoms with van der Waals surface area (Å²) in [7, 11) is 0. The van der Waals surface area contributed by atoms with Crippen molar-refractivity contribution in [2.75, 3.05) is 10.6 Å². The smallest absolute Gasteiger partial charge is 0.411 e. The fourth-order valence-electron chi connectivity index (χ4n) is 2.59. The van der Waals surface area contributed by atoms with Crippen LogP contribution in [-0.4, -0.2) is 21.0 Å². The molecule has 2 heterocycles. The summed E-state index contributed by atoms with van der Waals surface area (Å²) >= 11 is 5.95. The minimum Gasteiger partial charge on any atom is -0.444 e. The van der Waals surface area contributed by atoms with Gasteiger partial charge in [-0.1, -0.05) is 35.3 Å². The maximum absolute atomic E-state index is 11.9. The van der Waals surface area contributed by atoms with E-state index in [1.807, 2.05) is 30.3 Å². The Labute approximate surface area is 165 Å². The lowest BCUT2D eigenvalue weighted by molar-refractivity contribution is -0.347. The fourth-order valence-corrected chi connectivity index (χ4v) is 2.76. The predicted octanol–water partition coefficient (Wildman–Crippen LogP) is 3.92. The lowest BCUT2D eigenvalue weighted by Crippen LogP contribution is -2.13. The van der Waals surface area contributed by atoms with Crippen molar-refractivity contribution >= 4 is 46.1 Å². The number of H-pyrrole nitrogens is 2. The molecule has 8 nitrogen and oxygen atoms in total. The number of ether oxygens (including phenoxy) is 1. The van der Waals surface area contributed by atoms with Gasteiger partial charge >= 0.3 is 17.0 Å². The fraction of sp³-hybridized carbons (Fsp3) is 0.0526. The van der Waals surface area contributed by atoms with Crippen molar-refractivity contribution in [3.8, 4) is 0 Å². The molecule has 0 bridgehead atoms. The number of nitrogens with one attached hydrogen (secondary N) is 4. The van der Waals surface area contributed by atoms with Crippen LogP contribution in [0.1, 0.15) is 5.56 Å². The molecule has 4 rings (SSSR count). The number of carbonyl (C=O) groups excluding carboxylic acids is 1. The molecule has 0 aliphatic carbocycles. The molecule has 0 saturated carbocycles. The summed E-state index contributed by atoms with van der Waals surface area (Å²) in [6.07, 6.45) is 1.13. The van der Waals surface area contributed by atoms with Crippen LogP contribution in [0.15, 0.2) is 60.9 Å². The van der Waals surface area contributed by atoms with E-state index in [2.05, 4.69) is 30.6 Å². The second-order valence-electron chi connectivity index (χ2n) is 5.89. The first kappa shape index (κ1) is 17.7. The third-order valence-electron chi connectivity index (χ3n) is 3.91. The van der Waals surface area contributed by atoms with Crippen molar-refractivity contribution in [1.82, 2.24) is 15.0 Å². The van der Waals surface area contributed by atoms with Gasteiger partial charge in [-0.2, -0.15) is 4.98 Å². The van der Waals surface area contributed by atoms with E-state index in [9.17, 15) is 4.79 Å². The summed E-state index contributed by atoms with van der Waals surface area (Å²) in [5.41, 5.74) is 3.61. The topological polar surface area (TPSA) is 106 Å². The van der Waals surface area contributed by atoms with Crippen molar-refractivity contribution in [3.63, 3.8) is 0 Å². The zero-order valence-electron chi connectivity index (χ0n) is 14.6. The molecule has 4 aromatic rings. The van der Waals surface area contributed by atoms with E-state index < -0.39 is 6.09 Å². The number of amides is 1. The molecule has 0 radical (unpaired) electrons. The van der Waals surface area contributed by atoms with Crippen molar-refractivity contribution in [2.45, 2.75) is 6.61 Å². The zero-order chi connectivity index (χ0) is 19.3. The summed E-state index contributed by atoms with van der Waals surface area (Å²) in [6, 6.07) is 16.6. The maximum Gasteiger partial charge on any atom is 0.411 e. The molecule has 9 heteroatoms. The molecule has 0 unspecified atom stereocenters. The molecule has 0 spiro atoms. The third kappa shape index (κ3) is 4.18. The van der Waals surface area contributed by atoms with Gasteiger partial charge in [-0.25, -0.2) is 9.78 Å². The maximum atomic E-state index is 11.9. The zero-order valence-corrected chi connectivity index (χ0v) is 15.3. The number of hydrogen-bond donors (Lipinski definition) is 3. The summed E-state index contributed by atoms with van der Waals surface area (Å²) in [4.78, 5) is 26.2. The average molecular weight is 396 g/mol.